The Morgan fingerprint density at radius 1 is 0.955 bits per heavy atom. The van der Waals surface area contributed by atoms with Gasteiger partial charge in [0.25, 0.3) is 0 Å². The summed E-state index contributed by atoms with van der Waals surface area (Å²) >= 11 is 0. The number of aldehydes is 1. The zero-order chi connectivity index (χ0) is 15.7. The maximum Gasteiger partial charge on any atom is 0.172 e. The van der Waals surface area contributed by atoms with Crippen LogP contribution in [0.5, 0.6) is 0 Å². The van der Waals surface area contributed by atoms with E-state index in [1.165, 1.54) is 35.0 Å². The lowest BCUT2D eigenvalue weighted by molar-refractivity contribution is 0.111. The van der Waals surface area contributed by atoms with E-state index in [1.807, 2.05) is 0 Å². The predicted octanol–water partition coefficient (Wildman–Crippen LogP) is 3.16. The van der Waals surface area contributed by atoms with Gasteiger partial charge in [-0.05, 0) is 42.5 Å². The van der Waals surface area contributed by atoms with E-state index in [1.54, 1.807) is 0 Å². The second-order valence-corrected chi connectivity index (χ2v) is 4.46. The van der Waals surface area contributed by atoms with Crippen molar-refractivity contribution in [2.75, 3.05) is 0 Å². The Morgan fingerprint density at radius 3 is 2.32 bits per heavy atom. The van der Waals surface area contributed by atoms with Crippen molar-refractivity contribution in [3.05, 3.63) is 65.6 Å². The van der Waals surface area contributed by atoms with Crippen molar-refractivity contribution in [1.82, 2.24) is 15.0 Å². The maximum atomic E-state index is 13.4. The van der Waals surface area contributed by atoms with Gasteiger partial charge < -0.3 is 0 Å². The van der Waals surface area contributed by atoms with Gasteiger partial charge in [-0.25, -0.2) is 17.9 Å². The molecule has 0 atom stereocenters. The van der Waals surface area contributed by atoms with Gasteiger partial charge in [0, 0.05) is 5.56 Å². The van der Waals surface area contributed by atoms with Crippen LogP contribution >= 0.6 is 0 Å². The van der Waals surface area contributed by atoms with Crippen molar-refractivity contribution in [3.8, 4) is 16.9 Å². The molecule has 0 spiro atoms. The van der Waals surface area contributed by atoms with E-state index in [-0.39, 0.29) is 17.0 Å². The number of benzene rings is 2. The van der Waals surface area contributed by atoms with Gasteiger partial charge >= 0.3 is 0 Å². The summed E-state index contributed by atoms with van der Waals surface area (Å²) in [5.41, 5.74) is 0.827. The van der Waals surface area contributed by atoms with Crippen LogP contribution in [0.15, 0.2) is 42.5 Å². The number of halogens is 3. The van der Waals surface area contributed by atoms with Crippen LogP contribution in [-0.4, -0.2) is 21.3 Å². The molecule has 0 unspecified atom stereocenters. The van der Waals surface area contributed by atoms with Crippen LogP contribution in [0.25, 0.3) is 16.9 Å². The number of carbonyl (C=O) groups is 1. The maximum absolute atomic E-state index is 13.4. The molecule has 0 radical (unpaired) electrons. The van der Waals surface area contributed by atoms with Crippen molar-refractivity contribution in [2.45, 2.75) is 0 Å². The van der Waals surface area contributed by atoms with Crippen LogP contribution in [0.4, 0.5) is 13.2 Å². The van der Waals surface area contributed by atoms with E-state index in [0.717, 1.165) is 12.1 Å². The van der Waals surface area contributed by atoms with E-state index in [4.69, 9.17) is 0 Å². The van der Waals surface area contributed by atoms with Crippen LogP contribution in [-0.2, 0) is 0 Å². The van der Waals surface area contributed by atoms with Gasteiger partial charge in [0.2, 0.25) is 0 Å². The first-order valence-electron chi connectivity index (χ1n) is 6.22. The lowest BCUT2D eigenvalue weighted by Crippen LogP contribution is -2.01. The molecule has 0 bridgehead atoms. The Hall–Kier alpha value is -2.96. The summed E-state index contributed by atoms with van der Waals surface area (Å²) < 4.78 is 40.8. The molecule has 22 heavy (non-hydrogen) atoms. The van der Waals surface area contributed by atoms with E-state index >= 15 is 0 Å². The smallest absolute Gasteiger partial charge is 0.172 e. The fourth-order valence-electron chi connectivity index (χ4n) is 2.05. The minimum atomic E-state index is -1.05. The molecule has 2 aromatic carbocycles. The topological polar surface area (TPSA) is 47.8 Å². The Morgan fingerprint density at radius 2 is 1.68 bits per heavy atom. The first-order valence-corrected chi connectivity index (χ1v) is 6.22. The third kappa shape index (κ3) is 2.37. The fourth-order valence-corrected chi connectivity index (χ4v) is 2.05. The van der Waals surface area contributed by atoms with Crippen LogP contribution in [0.2, 0.25) is 0 Å². The molecule has 7 heteroatoms. The molecule has 0 aliphatic carbocycles. The molecule has 0 saturated carbocycles. The van der Waals surface area contributed by atoms with Gasteiger partial charge in [-0.15, -0.1) is 5.10 Å². The second kappa shape index (κ2) is 5.44. The molecule has 0 saturated heterocycles. The molecule has 3 rings (SSSR count). The fraction of sp³-hybridized carbons (Fsp3) is 0. The standard InChI is InChI=1S/C15H8F3N3O/c16-10-2-4-11(5-3-10)21-15(14(8-22)19-20-21)9-1-6-12(17)13(18)7-9/h1-8H. The third-order valence-electron chi connectivity index (χ3n) is 3.07. The number of nitrogens with zero attached hydrogens (tertiary/aromatic N) is 3. The lowest BCUT2D eigenvalue weighted by atomic mass is 10.1. The normalized spacial score (nSPS) is 10.7. The van der Waals surface area contributed by atoms with E-state index < -0.39 is 17.5 Å². The first-order chi connectivity index (χ1) is 10.6. The average Bonchev–Trinajstić information content (AvgIpc) is 2.94. The largest absolute Gasteiger partial charge is 0.296 e. The van der Waals surface area contributed by atoms with Crippen molar-refractivity contribution in [2.24, 2.45) is 0 Å². The molecule has 0 fully saturated rings. The number of rotatable bonds is 3. The summed E-state index contributed by atoms with van der Waals surface area (Å²) in [6.45, 7) is 0. The van der Waals surface area contributed by atoms with Crippen molar-refractivity contribution in [3.63, 3.8) is 0 Å². The Kier molecular flexibility index (Phi) is 3.46. The average molecular weight is 303 g/mol. The highest BCUT2D eigenvalue weighted by atomic mass is 19.2. The monoisotopic (exact) mass is 303 g/mol. The molecule has 1 heterocycles. The van der Waals surface area contributed by atoms with Gasteiger partial charge in [0.15, 0.2) is 23.6 Å². The van der Waals surface area contributed by atoms with Crippen molar-refractivity contribution < 1.29 is 18.0 Å². The van der Waals surface area contributed by atoms with E-state index in [2.05, 4.69) is 10.3 Å². The minimum Gasteiger partial charge on any atom is -0.296 e. The number of hydrogen-bond acceptors (Lipinski definition) is 3. The SMILES string of the molecule is O=Cc1nnn(-c2ccc(F)cc2)c1-c1ccc(F)c(F)c1. The highest BCUT2D eigenvalue weighted by molar-refractivity contribution is 5.83. The molecule has 0 amide bonds. The highest BCUT2D eigenvalue weighted by Gasteiger charge is 2.17. The van der Waals surface area contributed by atoms with Crippen LogP contribution in [0.1, 0.15) is 10.5 Å². The zero-order valence-electron chi connectivity index (χ0n) is 11.0. The van der Waals surface area contributed by atoms with Gasteiger partial charge in [-0.1, -0.05) is 5.21 Å². The van der Waals surface area contributed by atoms with E-state index in [9.17, 15) is 18.0 Å². The summed E-state index contributed by atoms with van der Waals surface area (Å²) in [6, 6.07) is 8.50. The molecular weight excluding hydrogens is 295 g/mol. The minimum absolute atomic E-state index is 0.0321. The van der Waals surface area contributed by atoms with E-state index in [0.29, 0.717) is 12.0 Å². The summed E-state index contributed by atoms with van der Waals surface area (Å²) in [5.74, 6) is -2.49. The second-order valence-electron chi connectivity index (χ2n) is 4.46. The molecule has 0 aliphatic rings. The van der Waals surface area contributed by atoms with Gasteiger partial charge in [-0.3, -0.25) is 4.79 Å². The van der Waals surface area contributed by atoms with Crippen molar-refractivity contribution in [1.29, 1.82) is 0 Å². The van der Waals surface area contributed by atoms with Crippen molar-refractivity contribution >= 4 is 6.29 Å². The van der Waals surface area contributed by atoms with Crippen LogP contribution < -0.4 is 0 Å². The molecule has 3 aromatic rings. The first kappa shape index (κ1) is 14.0. The molecule has 4 nitrogen and oxygen atoms in total. The lowest BCUT2D eigenvalue weighted by Gasteiger charge is -2.07. The number of carbonyl (C=O) groups excluding carboxylic acids is 1. The molecular formula is C15H8F3N3O. The van der Waals surface area contributed by atoms with Crippen LogP contribution in [0.3, 0.4) is 0 Å². The van der Waals surface area contributed by atoms with Gasteiger partial charge in [-0.2, -0.15) is 0 Å². The summed E-state index contributed by atoms with van der Waals surface area (Å²) in [5, 5.41) is 7.51. The Labute approximate surface area is 122 Å². The van der Waals surface area contributed by atoms with Gasteiger partial charge in [0.05, 0.1) is 5.69 Å². The number of aromatic nitrogens is 3. The van der Waals surface area contributed by atoms with Crippen LogP contribution in [0, 0.1) is 17.5 Å². The quantitative estimate of drug-likeness (QED) is 0.698. The predicted molar refractivity (Wildman–Crippen MR) is 72.1 cm³/mol. The highest BCUT2D eigenvalue weighted by Crippen LogP contribution is 2.26. The molecule has 110 valence electrons. The molecule has 1 aromatic heterocycles. The number of hydrogen-bond donors (Lipinski definition) is 0. The Balaban J connectivity index is 2.21. The summed E-state index contributed by atoms with van der Waals surface area (Å²) in [4.78, 5) is 11.1. The zero-order valence-corrected chi connectivity index (χ0v) is 11.0. The molecule has 0 N–H and O–H groups in total. The third-order valence-corrected chi connectivity index (χ3v) is 3.07. The summed E-state index contributed by atoms with van der Waals surface area (Å²) in [7, 11) is 0. The molecule has 0 aliphatic heterocycles. The van der Waals surface area contributed by atoms with Gasteiger partial charge in [0.1, 0.15) is 11.5 Å². The Bertz CT molecular complexity index is 844. The summed E-state index contributed by atoms with van der Waals surface area (Å²) in [6.07, 6.45) is 0.462.